The first-order chi connectivity index (χ1) is 18.7. The van der Waals surface area contributed by atoms with Crippen molar-refractivity contribution in [3.05, 3.63) is 132 Å². The summed E-state index contributed by atoms with van der Waals surface area (Å²) in [5.41, 5.74) is 7.01. The standard InChI is InChI=1S/C34H33NO3/c1-2-37-34(36)22-19-27-18-21-31-30(23-27)29(20-17-26-11-5-3-6-12-26)24-35(31)32-15-9-10-16-33(32)38-25-28-13-7-4-8-14-28/h3-16,18,21,23-24H,2,17,19-20,22,25H2,1H3. The van der Waals surface area contributed by atoms with Crippen molar-refractivity contribution in [3.63, 3.8) is 0 Å². The number of carbonyl (C=O) groups is 1. The van der Waals surface area contributed by atoms with E-state index in [1.807, 2.05) is 43.3 Å². The number of benzene rings is 4. The number of hydrogen-bond donors (Lipinski definition) is 0. The van der Waals surface area contributed by atoms with Gasteiger partial charge in [0.2, 0.25) is 0 Å². The Labute approximate surface area is 224 Å². The van der Waals surface area contributed by atoms with Crippen molar-refractivity contribution < 1.29 is 14.3 Å². The molecule has 5 rings (SSSR count). The second kappa shape index (κ2) is 12.3. The van der Waals surface area contributed by atoms with E-state index in [4.69, 9.17) is 9.47 Å². The molecule has 0 aliphatic carbocycles. The lowest BCUT2D eigenvalue weighted by atomic mass is 10.0. The van der Waals surface area contributed by atoms with Crippen molar-refractivity contribution in [1.29, 1.82) is 0 Å². The maximum absolute atomic E-state index is 12.0. The molecule has 0 saturated heterocycles. The summed E-state index contributed by atoms with van der Waals surface area (Å²) in [4.78, 5) is 12.0. The molecule has 5 aromatic rings. The van der Waals surface area contributed by atoms with E-state index in [2.05, 4.69) is 77.5 Å². The average molecular weight is 504 g/mol. The number of nitrogens with zero attached hydrogens (tertiary/aromatic N) is 1. The number of carbonyl (C=O) groups excluding carboxylic acids is 1. The summed E-state index contributed by atoms with van der Waals surface area (Å²) in [5, 5.41) is 1.21. The minimum atomic E-state index is -0.154. The van der Waals surface area contributed by atoms with Gasteiger partial charge in [0, 0.05) is 18.0 Å². The first-order valence-corrected chi connectivity index (χ1v) is 13.3. The van der Waals surface area contributed by atoms with Crippen LogP contribution < -0.4 is 4.74 Å². The van der Waals surface area contributed by atoms with Crippen molar-refractivity contribution in [2.24, 2.45) is 0 Å². The van der Waals surface area contributed by atoms with Crippen molar-refractivity contribution in [2.45, 2.75) is 39.2 Å². The first kappa shape index (κ1) is 25.3. The van der Waals surface area contributed by atoms with Gasteiger partial charge < -0.3 is 14.0 Å². The summed E-state index contributed by atoms with van der Waals surface area (Å²) in [7, 11) is 0. The molecule has 0 aliphatic rings. The molecule has 0 N–H and O–H groups in total. The Morgan fingerprint density at radius 1 is 0.737 bits per heavy atom. The van der Waals surface area contributed by atoms with Crippen LogP contribution in [0.1, 0.15) is 35.6 Å². The third kappa shape index (κ3) is 6.15. The summed E-state index contributed by atoms with van der Waals surface area (Å²) < 4.78 is 13.7. The lowest BCUT2D eigenvalue weighted by Crippen LogP contribution is -2.05. The van der Waals surface area contributed by atoms with Gasteiger partial charge in [-0.05, 0) is 72.7 Å². The van der Waals surface area contributed by atoms with Gasteiger partial charge in [-0.3, -0.25) is 4.79 Å². The molecule has 4 heteroatoms. The predicted octanol–water partition coefficient (Wildman–Crippen LogP) is 7.49. The molecule has 0 atom stereocenters. The van der Waals surface area contributed by atoms with Crippen LogP contribution in [-0.4, -0.2) is 17.1 Å². The Hall–Kier alpha value is -4.31. The topological polar surface area (TPSA) is 40.5 Å². The average Bonchev–Trinajstić information content (AvgIpc) is 3.33. The number of para-hydroxylation sites is 2. The lowest BCUT2D eigenvalue weighted by Gasteiger charge is -2.13. The summed E-state index contributed by atoms with van der Waals surface area (Å²) >= 11 is 0. The highest BCUT2D eigenvalue weighted by atomic mass is 16.5. The largest absolute Gasteiger partial charge is 0.487 e. The van der Waals surface area contributed by atoms with Crippen LogP contribution in [0.4, 0.5) is 0 Å². The zero-order chi connectivity index (χ0) is 26.2. The third-order valence-electron chi connectivity index (χ3n) is 6.76. The summed E-state index contributed by atoms with van der Waals surface area (Å²) in [6.07, 6.45) is 5.17. The molecule has 1 heterocycles. The Balaban J connectivity index is 1.48. The van der Waals surface area contributed by atoms with Gasteiger partial charge in [0.05, 0.1) is 17.8 Å². The molecule has 0 saturated carbocycles. The van der Waals surface area contributed by atoms with E-state index in [9.17, 15) is 4.79 Å². The van der Waals surface area contributed by atoms with Crippen LogP contribution in [0.15, 0.2) is 109 Å². The van der Waals surface area contributed by atoms with E-state index in [0.29, 0.717) is 26.1 Å². The van der Waals surface area contributed by atoms with Crippen molar-refractivity contribution in [2.75, 3.05) is 6.61 Å². The van der Waals surface area contributed by atoms with E-state index in [1.54, 1.807) is 0 Å². The van der Waals surface area contributed by atoms with Crippen LogP contribution in [0.25, 0.3) is 16.6 Å². The quantitative estimate of drug-likeness (QED) is 0.175. The lowest BCUT2D eigenvalue weighted by molar-refractivity contribution is -0.143. The highest BCUT2D eigenvalue weighted by Crippen LogP contribution is 2.32. The van der Waals surface area contributed by atoms with E-state index in [0.717, 1.165) is 40.9 Å². The maximum Gasteiger partial charge on any atom is 0.306 e. The van der Waals surface area contributed by atoms with Crippen molar-refractivity contribution in [3.8, 4) is 11.4 Å². The van der Waals surface area contributed by atoms with E-state index in [-0.39, 0.29) is 5.97 Å². The zero-order valence-corrected chi connectivity index (χ0v) is 21.8. The van der Waals surface area contributed by atoms with Crippen LogP contribution in [0, 0.1) is 0 Å². The number of aromatic nitrogens is 1. The summed E-state index contributed by atoms with van der Waals surface area (Å²) in [6, 6.07) is 35.5. The minimum absolute atomic E-state index is 0.154. The normalized spacial score (nSPS) is 11.0. The summed E-state index contributed by atoms with van der Waals surface area (Å²) in [6.45, 7) is 2.76. The molecular weight excluding hydrogens is 470 g/mol. The van der Waals surface area contributed by atoms with Crippen LogP contribution in [0.2, 0.25) is 0 Å². The maximum atomic E-state index is 12.0. The fourth-order valence-electron chi connectivity index (χ4n) is 4.82. The molecule has 0 unspecified atom stereocenters. The fourth-order valence-corrected chi connectivity index (χ4v) is 4.82. The third-order valence-corrected chi connectivity index (χ3v) is 6.76. The fraction of sp³-hybridized carbons (Fsp3) is 0.206. The number of esters is 1. The van der Waals surface area contributed by atoms with Gasteiger partial charge in [-0.15, -0.1) is 0 Å². The molecule has 38 heavy (non-hydrogen) atoms. The molecule has 0 bridgehead atoms. The first-order valence-electron chi connectivity index (χ1n) is 13.3. The van der Waals surface area contributed by atoms with Gasteiger partial charge in [0.1, 0.15) is 12.4 Å². The molecule has 0 aliphatic heterocycles. The van der Waals surface area contributed by atoms with Gasteiger partial charge in [-0.25, -0.2) is 0 Å². The van der Waals surface area contributed by atoms with E-state index >= 15 is 0 Å². The molecule has 0 spiro atoms. The van der Waals surface area contributed by atoms with Gasteiger partial charge in [0.15, 0.2) is 0 Å². The van der Waals surface area contributed by atoms with Gasteiger partial charge in [-0.1, -0.05) is 78.9 Å². The Morgan fingerprint density at radius 2 is 1.45 bits per heavy atom. The van der Waals surface area contributed by atoms with Gasteiger partial charge in [0.25, 0.3) is 0 Å². The van der Waals surface area contributed by atoms with Gasteiger partial charge in [-0.2, -0.15) is 0 Å². The van der Waals surface area contributed by atoms with Crippen LogP contribution >= 0.6 is 0 Å². The van der Waals surface area contributed by atoms with Crippen molar-refractivity contribution in [1.82, 2.24) is 4.57 Å². The molecular formula is C34H33NO3. The predicted molar refractivity (Wildman–Crippen MR) is 153 cm³/mol. The smallest absolute Gasteiger partial charge is 0.306 e. The highest BCUT2D eigenvalue weighted by Gasteiger charge is 2.15. The molecule has 4 nitrogen and oxygen atoms in total. The number of ether oxygens (including phenoxy) is 2. The molecule has 0 fully saturated rings. The number of aryl methyl sites for hydroxylation is 3. The Morgan fingerprint density at radius 3 is 2.21 bits per heavy atom. The molecule has 1 aromatic heterocycles. The number of fused-ring (bicyclic) bond motifs is 1. The Kier molecular flexibility index (Phi) is 8.19. The summed E-state index contributed by atoms with van der Waals surface area (Å²) in [5.74, 6) is 0.688. The minimum Gasteiger partial charge on any atom is -0.487 e. The zero-order valence-electron chi connectivity index (χ0n) is 21.8. The van der Waals surface area contributed by atoms with Crippen LogP contribution in [-0.2, 0) is 35.4 Å². The molecule has 0 radical (unpaired) electrons. The van der Waals surface area contributed by atoms with E-state index < -0.39 is 0 Å². The van der Waals surface area contributed by atoms with E-state index in [1.165, 1.54) is 16.5 Å². The van der Waals surface area contributed by atoms with Crippen LogP contribution in [0.5, 0.6) is 5.75 Å². The second-order valence-electron chi connectivity index (χ2n) is 9.41. The number of hydrogen-bond acceptors (Lipinski definition) is 3. The van der Waals surface area contributed by atoms with Crippen molar-refractivity contribution >= 4 is 16.9 Å². The monoisotopic (exact) mass is 503 g/mol. The van der Waals surface area contributed by atoms with Gasteiger partial charge >= 0.3 is 5.97 Å². The SMILES string of the molecule is CCOC(=O)CCc1ccc2c(c1)c(CCc1ccccc1)cn2-c1ccccc1OCc1ccccc1. The number of rotatable bonds is 11. The Bertz CT molecular complexity index is 1490. The molecule has 192 valence electrons. The molecule has 4 aromatic carbocycles. The second-order valence-corrected chi connectivity index (χ2v) is 9.41. The molecule has 0 amide bonds. The highest BCUT2D eigenvalue weighted by molar-refractivity contribution is 5.87. The van der Waals surface area contributed by atoms with Crippen LogP contribution in [0.3, 0.4) is 0 Å².